The highest BCUT2D eigenvalue weighted by atomic mass is 16.5. The molecular formula is C27H29N7O3. The van der Waals surface area contributed by atoms with E-state index in [-0.39, 0.29) is 11.6 Å². The monoisotopic (exact) mass is 499 g/mol. The number of hydrogen-bond acceptors (Lipinski definition) is 7. The third-order valence-electron chi connectivity index (χ3n) is 6.52. The number of aromatic nitrogens is 3. The van der Waals surface area contributed by atoms with Crippen molar-refractivity contribution in [2.45, 2.75) is 6.54 Å². The molecule has 1 aliphatic rings. The van der Waals surface area contributed by atoms with Crippen molar-refractivity contribution in [3.05, 3.63) is 77.6 Å². The third-order valence-corrected chi connectivity index (χ3v) is 6.52. The fraction of sp³-hybridized carbons (Fsp3) is 0.259. The van der Waals surface area contributed by atoms with Crippen LogP contribution in [0.3, 0.4) is 0 Å². The van der Waals surface area contributed by atoms with E-state index in [1.807, 2.05) is 41.9 Å². The summed E-state index contributed by atoms with van der Waals surface area (Å²) in [4.78, 5) is 37.6. The first-order chi connectivity index (χ1) is 17.9. The number of carbonyl (C=O) groups excluding carboxylic acids is 2. The molecule has 1 aliphatic heterocycles. The summed E-state index contributed by atoms with van der Waals surface area (Å²) in [5.74, 6) is 0.538. The Morgan fingerprint density at radius 1 is 0.973 bits per heavy atom. The van der Waals surface area contributed by atoms with Gasteiger partial charge in [0.1, 0.15) is 17.2 Å². The molecule has 10 nitrogen and oxygen atoms in total. The molecule has 0 bridgehead atoms. The highest BCUT2D eigenvalue weighted by Gasteiger charge is 2.16. The zero-order valence-electron chi connectivity index (χ0n) is 20.8. The van der Waals surface area contributed by atoms with Crippen molar-refractivity contribution in [3.63, 3.8) is 0 Å². The summed E-state index contributed by atoms with van der Waals surface area (Å²) in [7, 11) is 3.99. The minimum Gasteiger partial charge on any atom is -0.457 e. The smallest absolute Gasteiger partial charge is 0.267 e. The minimum absolute atomic E-state index is 0.119. The van der Waals surface area contributed by atoms with E-state index in [1.54, 1.807) is 18.2 Å². The number of ether oxygens (including phenoxy) is 1. The highest BCUT2D eigenvalue weighted by Crippen LogP contribution is 2.27. The summed E-state index contributed by atoms with van der Waals surface area (Å²) < 4.78 is 7.67. The molecule has 0 radical (unpaired) electrons. The van der Waals surface area contributed by atoms with Gasteiger partial charge in [-0.2, -0.15) is 0 Å². The van der Waals surface area contributed by atoms with Gasteiger partial charge in [-0.15, -0.1) is 0 Å². The van der Waals surface area contributed by atoms with Crippen LogP contribution in [-0.2, 0) is 13.6 Å². The average molecular weight is 500 g/mol. The number of fused-ring (bicyclic) bond motifs is 1. The largest absolute Gasteiger partial charge is 0.457 e. The van der Waals surface area contributed by atoms with Gasteiger partial charge in [-0.3, -0.25) is 24.8 Å². The molecule has 5 rings (SSSR count). The first kappa shape index (κ1) is 24.4. The van der Waals surface area contributed by atoms with Crippen LogP contribution < -0.4 is 15.8 Å². The molecule has 1 fully saturated rings. The maximum atomic E-state index is 12.9. The maximum Gasteiger partial charge on any atom is 0.267 e. The molecule has 190 valence electrons. The SMILES string of the molecule is CN1CCN(Cc2ccc(C(=O)Nc3nc4cc(Oc5ccnc(C(N)=O)c5)ccc4n3C)cc2)CC1. The summed E-state index contributed by atoms with van der Waals surface area (Å²) >= 11 is 0. The first-order valence-electron chi connectivity index (χ1n) is 12.1. The van der Waals surface area contributed by atoms with Crippen LogP contribution >= 0.6 is 0 Å². The lowest BCUT2D eigenvalue weighted by Gasteiger charge is -2.32. The van der Waals surface area contributed by atoms with Gasteiger partial charge in [0, 0.05) is 63.7 Å². The summed E-state index contributed by atoms with van der Waals surface area (Å²) in [5, 5.41) is 2.91. The standard InChI is InChI=1S/C27H29N7O3/c1-32-11-13-34(14-12-32)17-18-3-5-19(6-4-18)26(36)31-27-30-22-15-20(7-8-24(22)33(27)2)37-21-9-10-29-23(16-21)25(28)35/h3-10,15-16H,11-14,17H2,1-2H3,(H2,28,35)(H,30,31,36). The predicted octanol–water partition coefficient (Wildman–Crippen LogP) is 2.86. The molecule has 0 unspecified atom stereocenters. The number of nitrogens with two attached hydrogens (primary N) is 1. The number of piperazine rings is 1. The summed E-state index contributed by atoms with van der Waals surface area (Å²) in [6, 6.07) is 16.3. The van der Waals surface area contributed by atoms with Crippen LogP contribution in [-0.4, -0.2) is 69.4 Å². The molecular weight excluding hydrogens is 470 g/mol. The second-order valence-electron chi connectivity index (χ2n) is 9.22. The number of imidazole rings is 1. The molecule has 2 aromatic heterocycles. The molecule has 37 heavy (non-hydrogen) atoms. The van der Waals surface area contributed by atoms with Crippen LogP contribution in [0.25, 0.3) is 11.0 Å². The number of carbonyl (C=O) groups is 2. The number of pyridine rings is 1. The van der Waals surface area contributed by atoms with Crippen LogP contribution in [0, 0.1) is 0 Å². The molecule has 3 heterocycles. The topological polar surface area (TPSA) is 119 Å². The molecule has 0 saturated carbocycles. The number of nitrogens with zero attached hydrogens (tertiary/aromatic N) is 5. The third kappa shape index (κ3) is 5.60. The zero-order valence-corrected chi connectivity index (χ0v) is 20.8. The van der Waals surface area contributed by atoms with E-state index in [2.05, 4.69) is 32.1 Å². The van der Waals surface area contributed by atoms with Gasteiger partial charge in [0.25, 0.3) is 11.8 Å². The quantitative estimate of drug-likeness (QED) is 0.401. The normalized spacial score (nSPS) is 14.5. The summed E-state index contributed by atoms with van der Waals surface area (Å²) in [6.45, 7) is 5.14. The Hall–Kier alpha value is -4.28. The van der Waals surface area contributed by atoms with Gasteiger partial charge in [-0.1, -0.05) is 12.1 Å². The van der Waals surface area contributed by atoms with Crippen LogP contribution in [0.5, 0.6) is 11.5 Å². The number of primary amides is 1. The van der Waals surface area contributed by atoms with Crippen molar-refractivity contribution in [3.8, 4) is 11.5 Å². The average Bonchev–Trinajstić information content (AvgIpc) is 3.20. The fourth-order valence-corrected chi connectivity index (χ4v) is 4.30. The number of likely N-dealkylation sites (N-methyl/N-ethyl adjacent to an activating group) is 1. The van der Waals surface area contributed by atoms with Crippen molar-refractivity contribution in [2.75, 3.05) is 38.5 Å². The van der Waals surface area contributed by atoms with Crippen molar-refractivity contribution in [2.24, 2.45) is 12.8 Å². The van der Waals surface area contributed by atoms with Gasteiger partial charge in [0.05, 0.1) is 11.0 Å². The zero-order chi connectivity index (χ0) is 25.9. The Morgan fingerprint density at radius 3 is 2.43 bits per heavy atom. The van der Waals surface area contributed by atoms with Crippen LogP contribution in [0.15, 0.2) is 60.8 Å². The van der Waals surface area contributed by atoms with Crippen LogP contribution in [0.2, 0.25) is 0 Å². The summed E-state index contributed by atoms with van der Waals surface area (Å²) in [5.41, 5.74) is 8.66. The van der Waals surface area contributed by atoms with Gasteiger partial charge in [-0.05, 0) is 42.9 Å². The lowest BCUT2D eigenvalue weighted by atomic mass is 10.1. The van der Waals surface area contributed by atoms with Crippen LogP contribution in [0.4, 0.5) is 5.95 Å². The van der Waals surface area contributed by atoms with Crippen molar-refractivity contribution in [1.29, 1.82) is 0 Å². The van der Waals surface area contributed by atoms with Crippen molar-refractivity contribution >= 4 is 28.8 Å². The lowest BCUT2D eigenvalue weighted by Crippen LogP contribution is -2.43. The van der Waals surface area contributed by atoms with E-state index in [1.165, 1.54) is 17.8 Å². The number of anilines is 1. The van der Waals surface area contributed by atoms with Gasteiger partial charge in [0.2, 0.25) is 5.95 Å². The molecule has 3 N–H and O–H groups in total. The van der Waals surface area contributed by atoms with E-state index < -0.39 is 5.91 Å². The van der Waals surface area contributed by atoms with Gasteiger partial charge in [0.15, 0.2) is 0 Å². The van der Waals surface area contributed by atoms with Crippen molar-refractivity contribution < 1.29 is 14.3 Å². The second-order valence-corrected chi connectivity index (χ2v) is 9.22. The number of benzene rings is 2. The summed E-state index contributed by atoms with van der Waals surface area (Å²) in [6.07, 6.45) is 1.46. The lowest BCUT2D eigenvalue weighted by molar-refractivity contribution is 0.0993. The van der Waals surface area contributed by atoms with E-state index in [0.717, 1.165) is 38.2 Å². The molecule has 2 aromatic carbocycles. The van der Waals surface area contributed by atoms with Crippen molar-refractivity contribution in [1.82, 2.24) is 24.3 Å². The fourth-order valence-electron chi connectivity index (χ4n) is 4.30. The van der Waals surface area contributed by atoms with Gasteiger partial charge < -0.3 is 19.9 Å². The number of hydrogen-bond donors (Lipinski definition) is 2. The van der Waals surface area contributed by atoms with Gasteiger partial charge >= 0.3 is 0 Å². The molecule has 4 aromatic rings. The molecule has 10 heteroatoms. The molecule has 2 amide bonds. The number of amides is 2. The second kappa shape index (κ2) is 10.4. The number of rotatable bonds is 7. The molecule has 0 atom stereocenters. The van der Waals surface area contributed by atoms with E-state index in [4.69, 9.17) is 10.5 Å². The van der Waals surface area contributed by atoms with E-state index >= 15 is 0 Å². The highest BCUT2D eigenvalue weighted by molar-refractivity contribution is 6.04. The Balaban J connectivity index is 1.26. The Morgan fingerprint density at radius 2 is 1.70 bits per heavy atom. The maximum absolute atomic E-state index is 12.9. The number of aryl methyl sites for hydroxylation is 1. The van der Waals surface area contributed by atoms with Gasteiger partial charge in [-0.25, -0.2) is 4.98 Å². The minimum atomic E-state index is -0.629. The molecule has 1 saturated heterocycles. The molecule has 0 spiro atoms. The Kier molecular flexibility index (Phi) is 6.85. The Labute approximate surface area is 214 Å². The first-order valence-corrected chi connectivity index (χ1v) is 12.1. The Bertz CT molecular complexity index is 1440. The van der Waals surface area contributed by atoms with Crippen LogP contribution in [0.1, 0.15) is 26.4 Å². The van der Waals surface area contributed by atoms with E-state index in [9.17, 15) is 9.59 Å². The predicted molar refractivity (Wildman–Crippen MR) is 141 cm³/mol. The number of nitrogens with one attached hydrogen (secondary N) is 1. The van der Waals surface area contributed by atoms with E-state index in [0.29, 0.717) is 28.5 Å². The molecule has 0 aliphatic carbocycles.